The van der Waals surface area contributed by atoms with Crippen molar-refractivity contribution in [1.29, 1.82) is 5.41 Å². The number of aliphatic hydroxyl groups excluding tert-OH is 3. The maximum Gasteiger partial charge on any atom is 0.167 e. The fourth-order valence-electron chi connectivity index (χ4n) is 2.31. The van der Waals surface area contributed by atoms with Crippen LogP contribution in [-0.2, 0) is 11.8 Å². The molecular weight excluding hydrogens is 266 g/mol. The van der Waals surface area contributed by atoms with E-state index in [0.29, 0.717) is 11.2 Å². The summed E-state index contributed by atoms with van der Waals surface area (Å²) in [6.45, 7) is -0.395. The lowest BCUT2D eigenvalue weighted by atomic mass is 10.1. The number of hydrogen-bond donors (Lipinski definition) is 4. The van der Waals surface area contributed by atoms with Crippen molar-refractivity contribution < 1.29 is 20.1 Å². The van der Waals surface area contributed by atoms with Crippen LogP contribution in [0.3, 0.4) is 0 Å². The fourth-order valence-corrected chi connectivity index (χ4v) is 2.31. The summed E-state index contributed by atoms with van der Waals surface area (Å²) in [7, 11) is 1.68. The number of imidazole rings is 1. The molecule has 1 saturated heterocycles. The number of aromatic nitrogens is 4. The Morgan fingerprint density at radius 3 is 2.70 bits per heavy atom. The van der Waals surface area contributed by atoms with Gasteiger partial charge in [-0.2, -0.15) is 0 Å². The van der Waals surface area contributed by atoms with Crippen LogP contribution < -0.4 is 5.49 Å². The number of nitrogens with zero attached hydrogens (tertiary/aromatic N) is 4. The first-order valence-corrected chi connectivity index (χ1v) is 6.09. The molecule has 0 saturated carbocycles. The Labute approximate surface area is 113 Å². The molecule has 1 aliphatic heterocycles. The molecule has 2 aromatic heterocycles. The number of nitrogens with one attached hydrogen (secondary N) is 1. The van der Waals surface area contributed by atoms with E-state index < -0.39 is 31.1 Å². The molecule has 2 aromatic rings. The third-order valence-electron chi connectivity index (χ3n) is 3.49. The summed E-state index contributed by atoms with van der Waals surface area (Å²) < 4.78 is 8.39. The minimum absolute atomic E-state index is 0.181. The quantitative estimate of drug-likeness (QED) is 0.497. The predicted octanol–water partition coefficient (Wildman–Crippen LogP) is -2.14. The number of rotatable bonds is 2. The normalized spacial score (nSPS) is 30.2. The third-order valence-corrected chi connectivity index (χ3v) is 3.49. The largest absolute Gasteiger partial charge is 0.394 e. The maximum atomic E-state index is 10.00. The van der Waals surface area contributed by atoms with E-state index in [1.54, 1.807) is 7.05 Å². The SMILES string of the molecule is Cn1cnc2c(ncn2[C@@H]2O[C@H](CO)C(O)C2O)c1=N. The topological polar surface area (TPSA) is 129 Å². The third kappa shape index (κ3) is 1.75. The molecular formula is C11H15N5O4. The Kier molecular flexibility index (Phi) is 3.05. The van der Waals surface area contributed by atoms with Crippen molar-refractivity contribution in [1.82, 2.24) is 19.1 Å². The fraction of sp³-hybridized carbons (Fsp3) is 0.545. The molecule has 3 heterocycles. The number of ether oxygens (including phenoxy) is 1. The van der Waals surface area contributed by atoms with Crippen LogP contribution in [0.25, 0.3) is 11.2 Å². The first kappa shape index (κ1) is 13.2. The summed E-state index contributed by atoms with van der Waals surface area (Å²) in [6, 6.07) is 0. The van der Waals surface area contributed by atoms with Gasteiger partial charge in [-0.25, -0.2) is 9.97 Å². The molecule has 20 heavy (non-hydrogen) atoms. The second-order valence-electron chi connectivity index (χ2n) is 4.76. The van der Waals surface area contributed by atoms with Crippen molar-refractivity contribution in [3.8, 4) is 0 Å². The van der Waals surface area contributed by atoms with Crippen LogP contribution in [0.4, 0.5) is 0 Å². The highest BCUT2D eigenvalue weighted by Gasteiger charge is 2.43. The standard InChI is InChI=1S/C11H15N5O4/c1-15-3-14-10-6(9(15)12)13-4-16(10)11-8(19)7(18)5(2-17)20-11/h3-5,7-8,11-12,17-19H,2H2,1H3/t5-,7?,8?,11-/m1/s1. The first-order chi connectivity index (χ1) is 9.54. The molecule has 4 atom stereocenters. The number of fused-ring (bicyclic) bond motifs is 1. The van der Waals surface area contributed by atoms with Gasteiger partial charge in [0.25, 0.3) is 0 Å². The summed E-state index contributed by atoms with van der Waals surface area (Å²) in [4.78, 5) is 8.26. The predicted molar refractivity (Wildman–Crippen MR) is 65.4 cm³/mol. The van der Waals surface area contributed by atoms with Crippen molar-refractivity contribution in [2.24, 2.45) is 7.05 Å². The zero-order valence-electron chi connectivity index (χ0n) is 10.7. The number of aliphatic hydroxyl groups is 3. The molecule has 9 nitrogen and oxygen atoms in total. The summed E-state index contributed by atoms with van der Waals surface area (Å²) in [5, 5.41) is 36.8. The molecule has 3 rings (SSSR count). The van der Waals surface area contributed by atoms with Crippen LogP contribution in [0.5, 0.6) is 0 Å². The summed E-state index contributed by atoms with van der Waals surface area (Å²) in [5.74, 6) is 0. The molecule has 9 heteroatoms. The molecule has 0 aromatic carbocycles. The lowest BCUT2D eigenvalue weighted by Gasteiger charge is -2.16. The molecule has 108 valence electrons. The van der Waals surface area contributed by atoms with Gasteiger partial charge in [0.05, 0.1) is 19.3 Å². The van der Waals surface area contributed by atoms with E-state index in [9.17, 15) is 10.2 Å². The Hall–Kier alpha value is -1.81. The van der Waals surface area contributed by atoms with E-state index in [0.717, 1.165) is 0 Å². The average Bonchev–Trinajstić information content (AvgIpc) is 2.98. The van der Waals surface area contributed by atoms with Gasteiger partial charge in [0.2, 0.25) is 0 Å². The Morgan fingerprint density at radius 2 is 2.05 bits per heavy atom. The van der Waals surface area contributed by atoms with E-state index in [1.807, 2.05) is 0 Å². The Balaban J connectivity index is 2.08. The van der Waals surface area contributed by atoms with Gasteiger partial charge in [-0.1, -0.05) is 0 Å². The highest BCUT2D eigenvalue weighted by Crippen LogP contribution is 2.30. The van der Waals surface area contributed by atoms with Crippen LogP contribution in [0.15, 0.2) is 12.7 Å². The second kappa shape index (κ2) is 4.63. The minimum Gasteiger partial charge on any atom is -0.394 e. The zero-order chi connectivity index (χ0) is 14.4. The molecule has 2 unspecified atom stereocenters. The van der Waals surface area contributed by atoms with Crippen molar-refractivity contribution in [2.75, 3.05) is 6.61 Å². The van der Waals surface area contributed by atoms with Gasteiger partial charge in [0, 0.05) is 7.05 Å². The van der Waals surface area contributed by atoms with Crippen LogP contribution in [0, 0.1) is 5.41 Å². The Bertz CT molecular complexity index is 696. The van der Waals surface area contributed by atoms with Crippen LogP contribution in [0.1, 0.15) is 6.23 Å². The highest BCUT2D eigenvalue weighted by atomic mass is 16.6. The molecule has 1 aliphatic rings. The van der Waals surface area contributed by atoms with Crippen LogP contribution in [-0.4, -0.2) is 59.3 Å². The van der Waals surface area contributed by atoms with Gasteiger partial charge in [0.15, 0.2) is 17.4 Å². The molecule has 4 N–H and O–H groups in total. The van der Waals surface area contributed by atoms with Crippen molar-refractivity contribution in [2.45, 2.75) is 24.5 Å². The monoisotopic (exact) mass is 281 g/mol. The Morgan fingerprint density at radius 1 is 1.30 bits per heavy atom. The van der Waals surface area contributed by atoms with Gasteiger partial charge in [-0.15, -0.1) is 0 Å². The molecule has 0 bridgehead atoms. The van der Waals surface area contributed by atoms with Crippen molar-refractivity contribution in [3.63, 3.8) is 0 Å². The lowest BCUT2D eigenvalue weighted by Crippen LogP contribution is -2.33. The first-order valence-electron chi connectivity index (χ1n) is 6.09. The van der Waals surface area contributed by atoms with Crippen molar-refractivity contribution >= 4 is 11.2 Å². The summed E-state index contributed by atoms with van der Waals surface area (Å²) >= 11 is 0. The molecule has 0 aliphatic carbocycles. The van der Waals surface area contributed by atoms with Gasteiger partial charge in [-0.3, -0.25) is 9.98 Å². The minimum atomic E-state index is -1.20. The summed E-state index contributed by atoms with van der Waals surface area (Å²) in [5.41, 5.74) is 0.927. The van der Waals surface area contributed by atoms with Gasteiger partial charge in [0.1, 0.15) is 23.8 Å². The van der Waals surface area contributed by atoms with E-state index in [4.69, 9.17) is 15.3 Å². The van der Waals surface area contributed by atoms with E-state index in [2.05, 4.69) is 9.97 Å². The second-order valence-corrected chi connectivity index (χ2v) is 4.76. The maximum absolute atomic E-state index is 10.00. The number of hydrogen-bond acceptors (Lipinski definition) is 7. The lowest BCUT2D eigenvalue weighted by molar-refractivity contribution is -0.0511. The zero-order valence-corrected chi connectivity index (χ0v) is 10.7. The van der Waals surface area contributed by atoms with Crippen LogP contribution in [0.2, 0.25) is 0 Å². The molecule has 0 spiro atoms. The van der Waals surface area contributed by atoms with Gasteiger partial charge in [-0.05, 0) is 0 Å². The van der Waals surface area contributed by atoms with E-state index >= 15 is 0 Å². The average molecular weight is 281 g/mol. The summed E-state index contributed by atoms with van der Waals surface area (Å²) in [6.07, 6.45) is -1.28. The van der Waals surface area contributed by atoms with E-state index in [-0.39, 0.29) is 5.49 Å². The van der Waals surface area contributed by atoms with E-state index in [1.165, 1.54) is 21.8 Å². The van der Waals surface area contributed by atoms with Crippen molar-refractivity contribution in [3.05, 3.63) is 18.1 Å². The molecule has 1 fully saturated rings. The van der Waals surface area contributed by atoms with Gasteiger partial charge < -0.3 is 24.6 Å². The van der Waals surface area contributed by atoms with Crippen LogP contribution >= 0.6 is 0 Å². The smallest absolute Gasteiger partial charge is 0.167 e. The number of aryl methyl sites for hydroxylation is 1. The van der Waals surface area contributed by atoms with Gasteiger partial charge >= 0.3 is 0 Å². The molecule has 0 radical (unpaired) electrons. The highest BCUT2D eigenvalue weighted by molar-refractivity contribution is 5.68. The molecule has 0 amide bonds.